The van der Waals surface area contributed by atoms with E-state index in [-0.39, 0.29) is 17.4 Å². The molecule has 0 aliphatic carbocycles. The smallest absolute Gasteiger partial charge is 0.326 e. The van der Waals surface area contributed by atoms with Crippen molar-refractivity contribution in [1.82, 2.24) is 4.90 Å². The number of imide groups is 1. The minimum atomic E-state index is -0.608. The molecule has 2 amide bonds. The van der Waals surface area contributed by atoms with Crippen molar-refractivity contribution < 1.29 is 28.6 Å². The third kappa shape index (κ3) is 6.13. The molecule has 2 aromatic rings. The van der Waals surface area contributed by atoms with Gasteiger partial charge in [0.1, 0.15) is 13.2 Å². The zero-order valence-electron chi connectivity index (χ0n) is 18.2. The number of esters is 1. The summed E-state index contributed by atoms with van der Waals surface area (Å²) < 4.78 is 16.3. The number of carbonyl (C=O) groups excluding carboxylic acids is 3. The summed E-state index contributed by atoms with van der Waals surface area (Å²) in [6, 6.07) is 15.0. The molecule has 1 saturated heterocycles. The molecule has 0 N–H and O–H groups in total. The van der Waals surface area contributed by atoms with Gasteiger partial charge >= 0.3 is 5.97 Å². The Hall–Kier alpha value is -3.26. The first-order valence-electron chi connectivity index (χ1n) is 10.1. The third-order valence-corrected chi connectivity index (χ3v) is 5.37. The summed E-state index contributed by atoms with van der Waals surface area (Å²) in [7, 11) is 1.53. The van der Waals surface area contributed by atoms with Gasteiger partial charge in [0.15, 0.2) is 11.5 Å². The summed E-state index contributed by atoms with van der Waals surface area (Å²) >= 11 is 0.787. The van der Waals surface area contributed by atoms with E-state index in [1.807, 2.05) is 44.2 Å². The average Bonchev–Trinajstić information content (AvgIpc) is 3.04. The Bertz CT molecular complexity index is 1020. The quantitative estimate of drug-likeness (QED) is 0.406. The van der Waals surface area contributed by atoms with Crippen molar-refractivity contribution >= 4 is 35.0 Å². The standard InChI is InChI=1S/C24H25NO6S/c1-16(2)14-31-22(26)13-25-23(27)21(32-24(25)28)12-18-9-10-19(20(11-18)29-3)30-15-17-7-5-4-6-8-17/h4-12,16H,13-15H2,1-3H3/b21-12+. The van der Waals surface area contributed by atoms with Crippen LogP contribution in [0.5, 0.6) is 11.5 Å². The van der Waals surface area contributed by atoms with E-state index in [2.05, 4.69) is 0 Å². The molecule has 0 atom stereocenters. The topological polar surface area (TPSA) is 82.1 Å². The van der Waals surface area contributed by atoms with Crippen LogP contribution in [0.1, 0.15) is 25.0 Å². The molecule has 0 saturated carbocycles. The summed E-state index contributed by atoms with van der Waals surface area (Å²) in [5.41, 5.74) is 1.70. The number of benzene rings is 2. The predicted octanol–water partition coefficient (Wildman–Crippen LogP) is 4.51. The number of amides is 2. The van der Waals surface area contributed by atoms with E-state index >= 15 is 0 Å². The Balaban J connectivity index is 1.68. The molecule has 1 heterocycles. The summed E-state index contributed by atoms with van der Waals surface area (Å²) in [6.07, 6.45) is 1.59. The first-order valence-corrected chi connectivity index (χ1v) is 10.9. The van der Waals surface area contributed by atoms with E-state index in [0.29, 0.717) is 23.7 Å². The van der Waals surface area contributed by atoms with Crippen LogP contribution in [-0.4, -0.2) is 42.3 Å². The van der Waals surface area contributed by atoms with Gasteiger partial charge in [-0.25, -0.2) is 0 Å². The largest absolute Gasteiger partial charge is 0.493 e. The van der Waals surface area contributed by atoms with Crippen molar-refractivity contribution in [1.29, 1.82) is 0 Å². The molecule has 168 valence electrons. The molecule has 1 aliphatic heterocycles. The fraction of sp³-hybridized carbons (Fsp3) is 0.292. The Morgan fingerprint density at radius 3 is 2.53 bits per heavy atom. The zero-order chi connectivity index (χ0) is 23.1. The molecular weight excluding hydrogens is 430 g/mol. The van der Waals surface area contributed by atoms with Gasteiger partial charge in [-0.05, 0) is 47.0 Å². The molecule has 32 heavy (non-hydrogen) atoms. The summed E-state index contributed by atoms with van der Waals surface area (Å²) in [5, 5.41) is -0.502. The molecule has 0 spiro atoms. The Morgan fingerprint density at radius 2 is 1.84 bits per heavy atom. The zero-order valence-corrected chi connectivity index (χ0v) is 19.0. The SMILES string of the molecule is COc1cc(/C=C2/SC(=O)N(CC(=O)OCC(C)C)C2=O)ccc1OCc1ccccc1. The second-order valence-electron chi connectivity index (χ2n) is 7.53. The number of ether oxygens (including phenoxy) is 3. The molecule has 1 aliphatic rings. The van der Waals surface area contributed by atoms with E-state index in [1.165, 1.54) is 7.11 Å². The maximum atomic E-state index is 12.6. The monoisotopic (exact) mass is 455 g/mol. The van der Waals surface area contributed by atoms with E-state index < -0.39 is 23.7 Å². The van der Waals surface area contributed by atoms with Crippen molar-refractivity contribution in [3.63, 3.8) is 0 Å². The number of carbonyl (C=O) groups is 3. The lowest BCUT2D eigenvalue weighted by Gasteiger charge is -2.13. The highest BCUT2D eigenvalue weighted by Crippen LogP contribution is 2.34. The van der Waals surface area contributed by atoms with Gasteiger partial charge in [-0.2, -0.15) is 0 Å². The minimum absolute atomic E-state index is 0.170. The molecule has 0 radical (unpaired) electrons. The number of hydrogen-bond acceptors (Lipinski definition) is 7. The van der Waals surface area contributed by atoms with Crippen LogP contribution in [-0.2, 0) is 20.9 Å². The van der Waals surface area contributed by atoms with Crippen LogP contribution in [0.2, 0.25) is 0 Å². The second-order valence-corrected chi connectivity index (χ2v) is 8.52. The van der Waals surface area contributed by atoms with Gasteiger partial charge in [-0.3, -0.25) is 19.3 Å². The van der Waals surface area contributed by atoms with Crippen molar-refractivity contribution in [2.75, 3.05) is 20.3 Å². The highest BCUT2D eigenvalue weighted by Gasteiger charge is 2.36. The van der Waals surface area contributed by atoms with Gasteiger partial charge in [-0.15, -0.1) is 0 Å². The number of nitrogens with zero attached hydrogens (tertiary/aromatic N) is 1. The van der Waals surface area contributed by atoms with Crippen LogP contribution in [0, 0.1) is 5.92 Å². The van der Waals surface area contributed by atoms with Crippen LogP contribution in [0.25, 0.3) is 6.08 Å². The summed E-state index contributed by atoms with van der Waals surface area (Å²) in [4.78, 5) is 37.9. The van der Waals surface area contributed by atoms with Crippen LogP contribution in [0.3, 0.4) is 0 Å². The number of methoxy groups -OCH3 is 1. The minimum Gasteiger partial charge on any atom is -0.493 e. The molecule has 3 rings (SSSR count). The van der Waals surface area contributed by atoms with Gasteiger partial charge in [0.25, 0.3) is 11.1 Å². The lowest BCUT2D eigenvalue weighted by atomic mass is 10.1. The molecular formula is C24H25NO6S. The number of rotatable bonds is 9. The summed E-state index contributed by atoms with van der Waals surface area (Å²) in [5.74, 6) is 0.109. The van der Waals surface area contributed by atoms with E-state index in [9.17, 15) is 14.4 Å². The molecule has 2 aromatic carbocycles. The molecule has 0 aromatic heterocycles. The fourth-order valence-electron chi connectivity index (χ4n) is 2.85. The lowest BCUT2D eigenvalue weighted by molar-refractivity contribution is -0.147. The normalized spacial score (nSPS) is 14.9. The first kappa shape index (κ1) is 23.4. The highest BCUT2D eigenvalue weighted by molar-refractivity contribution is 8.18. The Morgan fingerprint density at radius 1 is 1.09 bits per heavy atom. The van der Waals surface area contributed by atoms with Crippen LogP contribution in [0.15, 0.2) is 53.4 Å². The highest BCUT2D eigenvalue weighted by atomic mass is 32.2. The Labute approximate surface area is 191 Å². The average molecular weight is 456 g/mol. The number of hydrogen-bond donors (Lipinski definition) is 0. The van der Waals surface area contributed by atoms with Crippen molar-refractivity contribution in [3.8, 4) is 11.5 Å². The predicted molar refractivity (Wildman–Crippen MR) is 122 cm³/mol. The molecule has 1 fully saturated rings. The number of thioether (sulfide) groups is 1. The van der Waals surface area contributed by atoms with Crippen molar-refractivity contribution in [3.05, 3.63) is 64.6 Å². The van der Waals surface area contributed by atoms with Gasteiger partial charge < -0.3 is 14.2 Å². The maximum Gasteiger partial charge on any atom is 0.326 e. The Kier molecular flexibility index (Phi) is 7.94. The molecule has 0 unspecified atom stereocenters. The van der Waals surface area contributed by atoms with Gasteiger partial charge in [0.2, 0.25) is 0 Å². The van der Waals surface area contributed by atoms with Gasteiger partial charge in [0.05, 0.1) is 18.6 Å². The second kappa shape index (κ2) is 10.9. The van der Waals surface area contributed by atoms with Gasteiger partial charge in [-0.1, -0.05) is 50.2 Å². The van der Waals surface area contributed by atoms with Gasteiger partial charge in [0, 0.05) is 0 Å². The molecule has 7 nitrogen and oxygen atoms in total. The van der Waals surface area contributed by atoms with Crippen molar-refractivity contribution in [2.24, 2.45) is 5.92 Å². The third-order valence-electron chi connectivity index (χ3n) is 4.46. The first-order chi connectivity index (χ1) is 15.4. The summed E-state index contributed by atoms with van der Waals surface area (Å²) in [6.45, 7) is 4.04. The molecule has 8 heteroatoms. The van der Waals surface area contributed by atoms with Crippen LogP contribution >= 0.6 is 11.8 Å². The van der Waals surface area contributed by atoms with Crippen LogP contribution in [0.4, 0.5) is 4.79 Å². The fourth-order valence-corrected chi connectivity index (χ4v) is 3.69. The van der Waals surface area contributed by atoms with E-state index in [4.69, 9.17) is 14.2 Å². The van der Waals surface area contributed by atoms with Crippen molar-refractivity contribution in [2.45, 2.75) is 20.5 Å². The molecule has 0 bridgehead atoms. The van der Waals surface area contributed by atoms with E-state index in [0.717, 1.165) is 22.2 Å². The maximum absolute atomic E-state index is 12.6. The van der Waals surface area contributed by atoms with Crippen LogP contribution < -0.4 is 9.47 Å². The van der Waals surface area contributed by atoms with E-state index in [1.54, 1.807) is 24.3 Å². The lowest BCUT2D eigenvalue weighted by Crippen LogP contribution is -2.34.